The molecular weight excluding hydrogens is 421 g/mol. The van der Waals surface area contributed by atoms with Crippen molar-refractivity contribution in [2.75, 3.05) is 6.54 Å². The quantitative estimate of drug-likeness (QED) is 0.388. The molecule has 0 spiro atoms. The second-order valence-corrected chi connectivity index (χ2v) is 6.55. The smallest absolute Gasteiger partial charge is 0.191 e. The molecule has 0 radical (unpaired) electrons. The summed E-state index contributed by atoms with van der Waals surface area (Å²) in [4.78, 5) is 10.4. The van der Waals surface area contributed by atoms with Gasteiger partial charge in [0.25, 0.3) is 0 Å². The summed E-state index contributed by atoms with van der Waals surface area (Å²) in [7, 11) is 0. The Labute approximate surface area is 159 Å². The number of nitrogens with zero attached hydrogens (tertiary/aromatic N) is 3. The Morgan fingerprint density at radius 2 is 2.22 bits per heavy atom. The molecule has 0 unspecified atom stereocenters. The normalized spacial score (nSPS) is 11.4. The van der Waals surface area contributed by atoms with Crippen molar-refractivity contribution < 1.29 is 0 Å². The highest BCUT2D eigenvalue weighted by Gasteiger charge is 2.05. The second-order valence-electron chi connectivity index (χ2n) is 5.52. The average molecular weight is 447 g/mol. The third-order valence-electron chi connectivity index (χ3n) is 3.10. The van der Waals surface area contributed by atoms with Crippen LogP contribution in [0.2, 0.25) is 0 Å². The van der Waals surface area contributed by atoms with E-state index in [-0.39, 0.29) is 24.0 Å². The maximum Gasteiger partial charge on any atom is 0.191 e. The Bertz CT molecular complexity index is 577. The predicted octanol–water partition coefficient (Wildman–Crippen LogP) is 3.47. The number of rotatable bonds is 7. The molecule has 0 aromatic carbocycles. The molecule has 2 heterocycles. The third kappa shape index (κ3) is 6.90. The molecule has 0 atom stereocenters. The Balaban J connectivity index is 0.00000264. The first kappa shape index (κ1) is 20.0. The van der Waals surface area contributed by atoms with E-state index in [1.54, 1.807) is 11.3 Å². The molecule has 0 saturated carbocycles. The van der Waals surface area contributed by atoms with Gasteiger partial charge < -0.3 is 15.2 Å². The van der Waals surface area contributed by atoms with Gasteiger partial charge in [0.1, 0.15) is 12.4 Å². The van der Waals surface area contributed by atoms with Crippen LogP contribution in [-0.2, 0) is 19.6 Å². The SMILES string of the molecule is CCNC(=NCc1nccn1CC(C)C)NCc1cccs1.I. The lowest BCUT2D eigenvalue weighted by molar-refractivity contribution is 0.507. The zero-order chi connectivity index (χ0) is 15.8. The van der Waals surface area contributed by atoms with Crippen molar-refractivity contribution in [1.29, 1.82) is 0 Å². The lowest BCUT2D eigenvalue weighted by atomic mass is 10.2. The number of aliphatic imine (C=N–C) groups is 1. The highest BCUT2D eigenvalue weighted by Crippen LogP contribution is 2.07. The molecule has 2 rings (SSSR count). The Morgan fingerprint density at radius 1 is 1.39 bits per heavy atom. The molecule has 2 aromatic heterocycles. The fourth-order valence-electron chi connectivity index (χ4n) is 2.13. The van der Waals surface area contributed by atoms with Gasteiger partial charge in [-0.2, -0.15) is 0 Å². The fourth-order valence-corrected chi connectivity index (χ4v) is 2.77. The summed E-state index contributed by atoms with van der Waals surface area (Å²) in [6, 6.07) is 4.19. The van der Waals surface area contributed by atoms with E-state index in [4.69, 9.17) is 0 Å². The number of hydrogen-bond donors (Lipinski definition) is 2. The van der Waals surface area contributed by atoms with Crippen molar-refractivity contribution in [2.24, 2.45) is 10.9 Å². The molecule has 0 bridgehead atoms. The summed E-state index contributed by atoms with van der Waals surface area (Å²) >= 11 is 1.75. The molecule has 0 saturated heterocycles. The molecule has 0 fully saturated rings. The summed E-state index contributed by atoms with van der Waals surface area (Å²) in [5, 5.41) is 8.72. The van der Waals surface area contributed by atoms with Crippen LogP contribution < -0.4 is 10.6 Å². The lowest BCUT2D eigenvalue weighted by Gasteiger charge is -2.12. The van der Waals surface area contributed by atoms with Gasteiger partial charge in [0, 0.05) is 30.4 Å². The minimum atomic E-state index is 0. The fraction of sp³-hybridized carbons (Fsp3) is 0.500. The monoisotopic (exact) mass is 447 g/mol. The van der Waals surface area contributed by atoms with Crippen LogP contribution in [0, 0.1) is 5.92 Å². The maximum absolute atomic E-state index is 4.64. The number of guanidine groups is 1. The van der Waals surface area contributed by atoms with E-state index in [9.17, 15) is 0 Å². The van der Waals surface area contributed by atoms with Gasteiger partial charge in [-0.3, -0.25) is 0 Å². The lowest BCUT2D eigenvalue weighted by Crippen LogP contribution is -2.36. The van der Waals surface area contributed by atoms with Crippen LogP contribution in [0.4, 0.5) is 0 Å². The molecule has 128 valence electrons. The van der Waals surface area contributed by atoms with E-state index in [0.29, 0.717) is 12.5 Å². The first-order chi connectivity index (χ1) is 10.7. The van der Waals surface area contributed by atoms with E-state index in [0.717, 1.165) is 31.4 Å². The minimum Gasteiger partial charge on any atom is -0.357 e. The molecule has 0 aliphatic rings. The highest BCUT2D eigenvalue weighted by molar-refractivity contribution is 14.0. The predicted molar refractivity (Wildman–Crippen MR) is 108 cm³/mol. The number of nitrogens with one attached hydrogen (secondary N) is 2. The van der Waals surface area contributed by atoms with Gasteiger partial charge in [-0.1, -0.05) is 19.9 Å². The summed E-state index contributed by atoms with van der Waals surface area (Å²) in [5.41, 5.74) is 0. The number of aromatic nitrogens is 2. The molecule has 23 heavy (non-hydrogen) atoms. The number of hydrogen-bond acceptors (Lipinski definition) is 3. The number of thiophene rings is 1. The van der Waals surface area contributed by atoms with Crippen LogP contribution in [0.3, 0.4) is 0 Å². The molecule has 5 nitrogen and oxygen atoms in total. The van der Waals surface area contributed by atoms with E-state index in [1.165, 1.54) is 4.88 Å². The van der Waals surface area contributed by atoms with E-state index in [2.05, 4.69) is 63.5 Å². The first-order valence-corrected chi connectivity index (χ1v) is 8.61. The van der Waals surface area contributed by atoms with Gasteiger partial charge in [0.15, 0.2) is 5.96 Å². The third-order valence-corrected chi connectivity index (χ3v) is 3.97. The van der Waals surface area contributed by atoms with Crippen molar-refractivity contribution in [3.63, 3.8) is 0 Å². The van der Waals surface area contributed by atoms with Crippen molar-refractivity contribution in [1.82, 2.24) is 20.2 Å². The largest absolute Gasteiger partial charge is 0.357 e. The van der Waals surface area contributed by atoms with Gasteiger partial charge in [-0.05, 0) is 24.3 Å². The van der Waals surface area contributed by atoms with E-state index in [1.807, 2.05) is 12.4 Å². The van der Waals surface area contributed by atoms with Crippen LogP contribution in [-0.4, -0.2) is 22.1 Å². The van der Waals surface area contributed by atoms with Crippen LogP contribution in [0.25, 0.3) is 0 Å². The van der Waals surface area contributed by atoms with Gasteiger partial charge in [0.2, 0.25) is 0 Å². The molecule has 2 N–H and O–H groups in total. The molecule has 0 aliphatic carbocycles. The molecule has 2 aromatic rings. The van der Waals surface area contributed by atoms with Crippen molar-refractivity contribution >= 4 is 41.3 Å². The second kappa shape index (κ2) is 10.6. The van der Waals surface area contributed by atoms with Gasteiger partial charge >= 0.3 is 0 Å². The van der Waals surface area contributed by atoms with Gasteiger partial charge in [0.05, 0.1) is 6.54 Å². The molecule has 0 aliphatic heterocycles. The van der Waals surface area contributed by atoms with Crippen LogP contribution >= 0.6 is 35.3 Å². The van der Waals surface area contributed by atoms with Crippen LogP contribution in [0.5, 0.6) is 0 Å². The summed E-state index contributed by atoms with van der Waals surface area (Å²) in [6.07, 6.45) is 3.87. The Kier molecular flexibility index (Phi) is 9.23. The standard InChI is InChI=1S/C16H25N5S.HI/c1-4-17-16(19-10-14-6-5-9-22-14)20-11-15-18-7-8-21(15)12-13(2)3;/h5-9,13H,4,10-12H2,1-3H3,(H2,17,19,20);1H. The van der Waals surface area contributed by atoms with Crippen molar-refractivity contribution in [3.05, 3.63) is 40.6 Å². The first-order valence-electron chi connectivity index (χ1n) is 7.73. The van der Waals surface area contributed by atoms with Crippen LogP contribution in [0.1, 0.15) is 31.5 Å². The Hall–Kier alpha value is -1.09. The van der Waals surface area contributed by atoms with Gasteiger partial charge in [-0.25, -0.2) is 9.98 Å². The summed E-state index contributed by atoms with van der Waals surface area (Å²) in [5.74, 6) is 2.43. The summed E-state index contributed by atoms with van der Waals surface area (Å²) < 4.78 is 2.18. The number of halogens is 1. The summed E-state index contributed by atoms with van der Waals surface area (Å²) in [6.45, 7) is 9.69. The Morgan fingerprint density at radius 3 is 2.87 bits per heavy atom. The number of imidazole rings is 1. The van der Waals surface area contributed by atoms with Crippen molar-refractivity contribution in [3.8, 4) is 0 Å². The average Bonchev–Trinajstić information content (AvgIpc) is 3.13. The highest BCUT2D eigenvalue weighted by atomic mass is 127. The molecule has 0 amide bonds. The van der Waals surface area contributed by atoms with E-state index < -0.39 is 0 Å². The zero-order valence-corrected chi connectivity index (χ0v) is 17.1. The van der Waals surface area contributed by atoms with Crippen LogP contribution in [0.15, 0.2) is 34.9 Å². The van der Waals surface area contributed by atoms with E-state index >= 15 is 0 Å². The van der Waals surface area contributed by atoms with Crippen molar-refractivity contribution in [2.45, 2.75) is 40.4 Å². The molecule has 7 heteroatoms. The topological polar surface area (TPSA) is 54.2 Å². The maximum atomic E-state index is 4.64. The minimum absolute atomic E-state index is 0. The van der Waals surface area contributed by atoms with Gasteiger partial charge in [-0.15, -0.1) is 35.3 Å². The molecular formula is C16H26IN5S. The zero-order valence-electron chi connectivity index (χ0n) is 14.0.